The van der Waals surface area contributed by atoms with E-state index in [-0.39, 0.29) is 12.0 Å². The quantitative estimate of drug-likeness (QED) is 0.481. The third-order valence-corrected chi connectivity index (χ3v) is 4.42. The van der Waals surface area contributed by atoms with Gasteiger partial charge in [0.15, 0.2) is 5.96 Å². The summed E-state index contributed by atoms with van der Waals surface area (Å²) in [6.45, 7) is 4.72. The minimum atomic E-state index is -0.333. The number of carbonyl (C=O) groups excluding carboxylic acids is 1. The molecule has 1 aromatic carbocycles. The van der Waals surface area contributed by atoms with Crippen LogP contribution in [0.1, 0.15) is 31.1 Å². The molecule has 2 aromatic rings. The number of hydrogen-bond donors (Lipinski definition) is 3. The van der Waals surface area contributed by atoms with E-state index >= 15 is 0 Å². The lowest BCUT2D eigenvalue weighted by Crippen LogP contribution is -2.38. The highest BCUT2D eigenvalue weighted by atomic mass is 16.5. The van der Waals surface area contributed by atoms with Gasteiger partial charge in [0.05, 0.1) is 12.8 Å². The molecule has 0 aliphatic carbocycles. The maximum absolute atomic E-state index is 12.2. The molecule has 1 saturated heterocycles. The lowest BCUT2D eigenvalue weighted by molar-refractivity contribution is -0.124. The number of guanidine groups is 1. The Morgan fingerprint density at radius 1 is 1.25 bits per heavy atom. The molecule has 0 saturated carbocycles. The van der Waals surface area contributed by atoms with Gasteiger partial charge < -0.3 is 25.1 Å². The maximum Gasteiger partial charge on any atom is 0.253 e. The first kappa shape index (κ1) is 19.9. The number of ether oxygens (including phenoxy) is 1. The van der Waals surface area contributed by atoms with Crippen LogP contribution >= 0.6 is 0 Å². The Morgan fingerprint density at radius 2 is 2.18 bits per heavy atom. The fourth-order valence-corrected chi connectivity index (χ4v) is 3.03. The van der Waals surface area contributed by atoms with Crippen molar-refractivity contribution < 1.29 is 13.9 Å². The highest BCUT2D eigenvalue weighted by molar-refractivity contribution is 5.94. The zero-order valence-corrected chi connectivity index (χ0v) is 16.2. The monoisotopic (exact) mass is 384 g/mol. The van der Waals surface area contributed by atoms with E-state index in [9.17, 15) is 4.79 Å². The number of furan rings is 1. The van der Waals surface area contributed by atoms with Gasteiger partial charge in [-0.2, -0.15) is 0 Å². The summed E-state index contributed by atoms with van der Waals surface area (Å²) in [5.74, 6) is 1.62. The van der Waals surface area contributed by atoms with Crippen LogP contribution in [0.4, 0.5) is 5.69 Å². The third kappa shape index (κ3) is 6.13. The van der Waals surface area contributed by atoms with Crippen LogP contribution in [0.25, 0.3) is 0 Å². The normalized spacial score (nSPS) is 16.8. The molecule has 3 N–H and O–H groups in total. The van der Waals surface area contributed by atoms with Crippen molar-refractivity contribution in [1.29, 1.82) is 0 Å². The lowest BCUT2D eigenvalue weighted by Gasteiger charge is -2.12. The van der Waals surface area contributed by atoms with E-state index in [0.29, 0.717) is 13.2 Å². The highest BCUT2D eigenvalue weighted by Crippen LogP contribution is 2.16. The van der Waals surface area contributed by atoms with Gasteiger partial charge in [0.2, 0.25) is 0 Å². The van der Waals surface area contributed by atoms with Gasteiger partial charge >= 0.3 is 0 Å². The number of nitrogens with one attached hydrogen (secondary N) is 3. The van der Waals surface area contributed by atoms with Gasteiger partial charge in [0, 0.05) is 31.8 Å². The van der Waals surface area contributed by atoms with Gasteiger partial charge in [-0.05, 0) is 49.6 Å². The van der Waals surface area contributed by atoms with Crippen LogP contribution in [-0.4, -0.2) is 37.7 Å². The van der Waals surface area contributed by atoms with E-state index in [1.165, 1.54) is 0 Å². The number of carbonyl (C=O) groups is 1. The average Bonchev–Trinajstić information content (AvgIpc) is 3.40. The predicted octanol–water partition coefficient (Wildman–Crippen LogP) is 2.69. The molecule has 1 aliphatic heterocycles. The van der Waals surface area contributed by atoms with Crippen molar-refractivity contribution >= 4 is 17.6 Å². The SMILES string of the molecule is CCNC(=NCc1cccc(NC(=O)C2CCCO2)c1)NCCc1ccco1. The highest BCUT2D eigenvalue weighted by Gasteiger charge is 2.23. The van der Waals surface area contributed by atoms with E-state index in [4.69, 9.17) is 9.15 Å². The van der Waals surface area contributed by atoms with Crippen molar-refractivity contribution in [3.63, 3.8) is 0 Å². The van der Waals surface area contributed by atoms with Crippen LogP contribution in [0.3, 0.4) is 0 Å². The number of amides is 1. The molecule has 3 rings (SSSR count). The number of rotatable bonds is 8. The van der Waals surface area contributed by atoms with Gasteiger partial charge in [-0.3, -0.25) is 4.79 Å². The Bertz CT molecular complexity index is 768. The summed E-state index contributed by atoms with van der Waals surface area (Å²) >= 11 is 0. The molecule has 1 aliphatic rings. The fraction of sp³-hybridized carbons (Fsp3) is 0.429. The Labute approximate surface area is 165 Å². The average molecular weight is 384 g/mol. The minimum absolute atomic E-state index is 0.0777. The van der Waals surface area contributed by atoms with E-state index in [0.717, 1.165) is 55.3 Å². The molecule has 0 spiro atoms. The standard InChI is InChI=1S/C21H28N4O3/c1-2-22-21(23-11-10-18-8-4-12-27-18)24-15-16-6-3-7-17(14-16)25-20(26)19-9-5-13-28-19/h3-4,6-8,12,14,19H,2,5,9-11,13,15H2,1H3,(H,25,26)(H2,22,23,24). The van der Waals surface area contributed by atoms with Crippen LogP contribution in [0, 0.1) is 0 Å². The second-order valence-electron chi connectivity index (χ2n) is 6.64. The molecule has 28 heavy (non-hydrogen) atoms. The summed E-state index contributed by atoms with van der Waals surface area (Å²) in [5.41, 5.74) is 1.79. The van der Waals surface area contributed by atoms with Crippen molar-refractivity contribution in [2.75, 3.05) is 25.0 Å². The number of hydrogen-bond acceptors (Lipinski definition) is 4. The van der Waals surface area contributed by atoms with Gasteiger partial charge in [0.25, 0.3) is 5.91 Å². The second-order valence-corrected chi connectivity index (χ2v) is 6.64. The lowest BCUT2D eigenvalue weighted by atomic mass is 10.2. The third-order valence-electron chi connectivity index (χ3n) is 4.42. The maximum atomic E-state index is 12.2. The zero-order valence-electron chi connectivity index (χ0n) is 16.2. The Morgan fingerprint density at radius 3 is 2.93 bits per heavy atom. The van der Waals surface area contributed by atoms with Crippen LogP contribution in [0.15, 0.2) is 52.1 Å². The molecule has 150 valence electrons. The first-order chi connectivity index (χ1) is 13.7. The summed E-state index contributed by atoms with van der Waals surface area (Å²) < 4.78 is 10.8. The first-order valence-corrected chi connectivity index (χ1v) is 9.80. The number of anilines is 1. The zero-order chi connectivity index (χ0) is 19.6. The van der Waals surface area contributed by atoms with Gasteiger partial charge in [-0.25, -0.2) is 4.99 Å². The molecule has 1 aromatic heterocycles. The molecule has 2 heterocycles. The summed E-state index contributed by atoms with van der Waals surface area (Å²) in [4.78, 5) is 16.8. The Balaban J connectivity index is 1.53. The molecule has 1 unspecified atom stereocenters. The van der Waals surface area contributed by atoms with Crippen LogP contribution < -0.4 is 16.0 Å². The van der Waals surface area contributed by atoms with E-state index in [2.05, 4.69) is 20.9 Å². The van der Waals surface area contributed by atoms with Crippen LogP contribution in [0.5, 0.6) is 0 Å². The molecule has 1 amide bonds. The molecule has 1 fully saturated rings. The summed E-state index contributed by atoms with van der Waals surface area (Å²) in [5, 5.41) is 9.48. The number of aliphatic imine (C=N–C) groups is 1. The summed E-state index contributed by atoms with van der Waals surface area (Å²) in [7, 11) is 0. The predicted molar refractivity (Wildman–Crippen MR) is 109 cm³/mol. The van der Waals surface area contributed by atoms with Crippen molar-refractivity contribution in [2.24, 2.45) is 4.99 Å². The minimum Gasteiger partial charge on any atom is -0.469 e. The number of nitrogens with zero attached hydrogens (tertiary/aromatic N) is 1. The molecular weight excluding hydrogens is 356 g/mol. The van der Waals surface area contributed by atoms with Crippen molar-refractivity contribution in [3.05, 3.63) is 54.0 Å². The van der Waals surface area contributed by atoms with Crippen molar-refractivity contribution in [3.8, 4) is 0 Å². The Hall–Kier alpha value is -2.80. The molecule has 0 radical (unpaired) electrons. The summed E-state index contributed by atoms with van der Waals surface area (Å²) in [6.07, 6.45) is 3.86. The van der Waals surface area contributed by atoms with Crippen molar-refractivity contribution in [2.45, 2.75) is 38.8 Å². The van der Waals surface area contributed by atoms with E-state index < -0.39 is 0 Å². The molecular formula is C21H28N4O3. The van der Waals surface area contributed by atoms with Gasteiger partial charge in [0.1, 0.15) is 11.9 Å². The van der Waals surface area contributed by atoms with Crippen LogP contribution in [-0.2, 0) is 22.5 Å². The van der Waals surface area contributed by atoms with Crippen LogP contribution in [0.2, 0.25) is 0 Å². The van der Waals surface area contributed by atoms with Gasteiger partial charge in [-0.1, -0.05) is 12.1 Å². The van der Waals surface area contributed by atoms with E-state index in [1.54, 1.807) is 6.26 Å². The largest absolute Gasteiger partial charge is 0.469 e. The smallest absolute Gasteiger partial charge is 0.253 e. The van der Waals surface area contributed by atoms with Crippen molar-refractivity contribution in [1.82, 2.24) is 10.6 Å². The van der Waals surface area contributed by atoms with Gasteiger partial charge in [-0.15, -0.1) is 0 Å². The second kappa shape index (κ2) is 10.5. The Kier molecular flexibility index (Phi) is 7.49. The molecule has 0 bridgehead atoms. The molecule has 7 heteroatoms. The number of benzene rings is 1. The molecule has 1 atom stereocenters. The first-order valence-electron chi connectivity index (χ1n) is 9.80. The fourth-order valence-electron chi connectivity index (χ4n) is 3.03. The van der Waals surface area contributed by atoms with E-state index in [1.807, 2.05) is 43.3 Å². The topological polar surface area (TPSA) is 87.9 Å². The molecule has 7 nitrogen and oxygen atoms in total. The summed E-state index contributed by atoms with van der Waals surface area (Å²) in [6, 6.07) is 11.6.